The Bertz CT molecular complexity index is 660. The van der Waals surface area contributed by atoms with E-state index in [1.165, 1.54) is 32.1 Å². The molecule has 2 aromatic rings. The van der Waals surface area contributed by atoms with Gasteiger partial charge in [-0.2, -0.15) is 0 Å². The first-order valence-electron chi connectivity index (χ1n) is 7.15. The van der Waals surface area contributed by atoms with Gasteiger partial charge in [-0.15, -0.1) is 0 Å². The molecule has 0 unspecified atom stereocenters. The molecule has 4 nitrogen and oxygen atoms in total. The molecule has 3 rings (SSSR count). The van der Waals surface area contributed by atoms with Gasteiger partial charge in [0.15, 0.2) is 0 Å². The molecule has 20 heavy (non-hydrogen) atoms. The Morgan fingerprint density at radius 1 is 1.15 bits per heavy atom. The molecule has 4 N–H and O–H groups in total. The Labute approximate surface area is 118 Å². The van der Waals surface area contributed by atoms with Crippen molar-refractivity contribution in [1.29, 1.82) is 0 Å². The maximum atomic E-state index is 11.2. The van der Waals surface area contributed by atoms with Crippen molar-refractivity contribution < 1.29 is 4.79 Å². The smallest absolute Gasteiger partial charge is 0.248 e. The van der Waals surface area contributed by atoms with E-state index >= 15 is 0 Å². The highest BCUT2D eigenvalue weighted by Gasteiger charge is 2.19. The highest BCUT2D eigenvalue weighted by molar-refractivity contribution is 5.97. The van der Waals surface area contributed by atoms with Gasteiger partial charge in [0.05, 0.1) is 16.9 Å². The Morgan fingerprint density at radius 3 is 2.60 bits per heavy atom. The molecule has 0 radical (unpaired) electrons. The van der Waals surface area contributed by atoms with E-state index in [2.05, 4.69) is 0 Å². The summed E-state index contributed by atoms with van der Waals surface area (Å²) in [6, 6.07) is 7.24. The number of hydrogen-bond donors (Lipinski definition) is 2. The molecule has 0 spiro atoms. The molecule has 1 heterocycles. The van der Waals surface area contributed by atoms with E-state index in [1.54, 1.807) is 12.1 Å². The predicted molar refractivity (Wildman–Crippen MR) is 80.5 cm³/mol. The molecule has 1 aromatic heterocycles. The fraction of sp³-hybridized carbons (Fsp3) is 0.375. The number of primary amides is 1. The van der Waals surface area contributed by atoms with Crippen molar-refractivity contribution in [3.8, 4) is 0 Å². The lowest BCUT2D eigenvalue weighted by molar-refractivity contribution is 0.100. The number of nitrogens with two attached hydrogens (primary N) is 2. The minimum absolute atomic E-state index is 0.429. The Balaban J connectivity index is 2.05. The number of pyridine rings is 1. The SMILES string of the molecule is NC(=O)c1ccc2nc(C3CCCCC3)c(N)cc2c1. The average molecular weight is 269 g/mol. The Kier molecular flexibility index (Phi) is 3.30. The van der Waals surface area contributed by atoms with Crippen molar-refractivity contribution in [2.75, 3.05) is 5.73 Å². The number of hydrogen-bond acceptors (Lipinski definition) is 3. The monoisotopic (exact) mass is 269 g/mol. The van der Waals surface area contributed by atoms with Crippen LogP contribution >= 0.6 is 0 Å². The van der Waals surface area contributed by atoms with Crippen molar-refractivity contribution in [2.45, 2.75) is 38.0 Å². The van der Waals surface area contributed by atoms with Crippen molar-refractivity contribution in [3.63, 3.8) is 0 Å². The van der Waals surface area contributed by atoms with Crippen LogP contribution in [0.4, 0.5) is 5.69 Å². The summed E-state index contributed by atoms with van der Waals surface area (Å²) in [7, 11) is 0. The van der Waals surface area contributed by atoms with E-state index in [-0.39, 0.29) is 0 Å². The van der Waals surface area contributed by atoms with E-state index in [0.29, 0.717) is 11.5 Å². The van der Waals surface area contributed by atoms with Gasteiger partial charge in [-0.1, -0.05) is 19.3 Å². The first-order valence-corrected chi connectivity index (χ1v) is 7.15. The number of fused-ring (bicyclic) bond motifs is 1. The van der Waals surface area contributed by atoms with Crippen LogP contribution in [0.2, 0.25) is 0 Å². The van der Waals surface area contributed by atoms with Gasteiger partial charge in [0, 0.05) is 16.9 Å². The molecule has 104 valence electrons. The molecule has 1 saturated carbocycles. The van der Waals surface area contributed by atoms with Crippen molar-refractivity contribution in [3.05, 3.63) is 35.5 Å². The van der Waals surface area contributed by atoms with Crippen LogP contribution in [-0.4, -0.2) is 10.9 Å². The molecule has 0 bridgehead atoms. The molecule has 4 heteroatoms. The number of rotatable bonds is 2. The highest BCUT2D eigenvalue weighted by atomic mass is 16.1. The van der Waals surface area contributed by atoms with Crippen LogP contribution in [0.25, 0.3) is 10.9 Å². The van der Waals surface area contributed by atoms with E-state index in [0.717, 1.165) is 22.3 Å². The lowest BCUT2D eigenvalue weighted by Crippen LogP contribution is -2.11. The first kappa shape index (κ1) is 12.9. The second kappa shape index (κ2) is 5.12. The van der Waals surface area contributed by atoms with E-state index in [1.807, 2.05) is 12.1 Å². The molecule has 1 amide bonds. The summed E-state index contributed by atoms with van der Waals surface area (Å²) in [5, 5.41) is 0.873. The van der Waals surface area contributed by atoms with Gasteiger partial charge in [0.25, 0.3) is 0 Å². The van der Waals surface area contributed by atoms with E-state index < -0.39 is 5.91 Å². The molecule has 1 fully saturated rings. The molecule has 0 aliphatic heterocycles. The van der Waals surface area contributed by atoms with Gasteiger partial charge in [-0.25, -0.2) is 0 Å². The zero-order valence-corrected chi connectivity index (χ0v) is 11.4. The number of anilines is 1. The summed E-state index contributed by atoms with van der Waals surface area (Å²) in [4.78, 5) is 15.9. The molecule has 0 atom stereocenters. The number of nitrogen functional groups attached to an aromatic ring is 1. The Hall–Kier alpha value is -2.10. The number of amides is 1. The van der Waals surface area contributed by atoms with E-state index in [9.17, 15) is 4.79 Å². The summed E-state index contributed by atoms with van der Waals surface area (Å²) in [6.07, 6.45) is 6.16. The second-order valence-electron chi connectivity index (χ2n) is 5.57. The van der Waals surface area contributed by atoms with Gasteiger partial charge in [-0.3, -0.25) is 9.78 Å². The average Bonchev–Trinajstić information content (AvgIpc) is 2.46. The number of carbonyl (C=O) groups excluding carboxylic acids is 1. The van der Waals surface area contributed by atoms with Crippen LogP contribution in [0.1, 0.15) is 54.1 Å². The fourth-order valence-electron chi connectivity index (χ4n) is 3.06. The quantitative estimate of drug-likeness (QED) is 0.879. The molecule has 1 aliphatic rings. The predicted octanol–water partition coefficient (Wildman–Crippen LogP) is 2.96. The lowest BCUT2D eigenvalue weighted by Gasteiger charge is -2.22. The van der Waals surface area contributed by atoms with Crippen LogP contribution < -0.4 is 11.5 Å². The zero-order chi connectivity index (χ0) is 14.1. The van der Waals surface area contributed by atoms with Gasteiger partial charge in [0.1, 0.15) is 0 Å². The van der Waals surface area contributed by atoms with Crippen LogP contribution in [0, 0.1) is 0 Å². The second-order valence-corrected chi connectivity index (χ2v) is 5.57. The molecule has 1 aliphatic carbocycles. The summed E-state index contributed by atoms with van der Waals surface area (Å²) in [5.41, 5.74) is 14.6. The largest absolute Gasteiger partial charge is 0.397 e. The summed E-state index contributed by atoms with van der Waals surface area (Å²) in [6.45, 7) is 0. The third-order valence-electron chi connectivity index (χ3n) is 4.15. The van der Waals surface area contributed by atoms with Crippen LogP contribution in [0.3, 0.4) is 0 Å². The summed E-state index contributed by atoms with van der Waals surface area (Å²) >= 11 is 0. The number of nitrogens with zero attached hydrogens (tertiary/aromatic N) is 1. The standard InChI is InChI=1S/C16H19N3O/c17-13-9-12-8-11(16(18)20)6-7-14(12)19-15(13)10-4-2-1-3-5-10/h6-10H,1-5,17H2,(H2,18,20). The molecule has 0 saturated heterocycles. The third kappa shape index (κ3) is 2.33. The zero-order valence-electron chi connectivity index (χ0n) is 11.4. The minimum Gasteiger partial charge on any atom is -0.397 e. The van der Waals surface area contributed by atoms with Crippen molar-refractivity contribution >= 4 is 22.5 Å². The number of aromatic nitrogens is 1. The van der Waals surface area contributed by atoms with E-state index in [4.69, 9.17) is 16.5 Å². The summed E-state index contributed by atoms with van der Waals surface area (Å²) < 4.78 is 0. The summed E-state index contributed by atoms with van der Waals surface area (Å²) in [5.74, 6) is 0.0470. The third-order valence-corrected chi connectivity index (χ3v) is 4.15. The van der Waals surface area contributed by atoms with Crippen LogP contribution in [-0.2, 0) is 0 Å². The first-order chi connectivity index (χ1) is 9.65. The lowest BCUT2D eigenvalue weighted by atomic mass is 9.86. The van der Waals surface area contributed by atoms with Gasteiger partial charge < -0.3 is 11.5 Å². The Morgan fingerprint density at radius 2 is 1.90 bits per heavy atom. The van der Waals surface area contributed by atoms with Crippen LogP contribution in [0.5, 0.6) is 0 Å². The van der Waals surface area contributed by atoms with Crippen LogP contribution in [0.15, 0.2) is 24.3 Å². The topological polar surface area (TPSA) is 82.0 Å². The van der Waals surface area contributed by atoms with Crippen molar-refractivity contribution in [1.82, 2.24) is 4.98 Å². The fourth-order valence-corrected chi connectivity index (χ4v) is 3.06. The minimum atomic E-state index is -0.429. The van der Waals surface area contributed by atoms with Gasteiger partial charge >= 0.3 is 0 Å². The van der Waals surface area contributed by atoms with Crippen molar-refractivity contribution in [2.24, 2.45) is 5.73 Å². The molecular formula is C16H19N3O. The van der Waals surface area contributed by atoms with Gasteiger partial charge in [0.2, 0.25) is 5.91 Å². The van der Waals surface area contributed by atoms with Gasteiger partial charge in [-0.05, 0) is 37.1 Å². The highest BCUT2D eigenvalue weighted by Crippen LogP contribution is 2.35. The number of benzene rings is 1. The maximum absolute atomic E-state index is 11.2. The normalized spacial score (nSPS) is 16.4. The molecular weight excluding hydrogens is 250 g/mol. The molecule has 1 aromatic carbocycles. The number of carbonyl (C=O) groups is 1. The maximum Gasteiger partial charge on any atom is 0.248 e.